The molecule has 1 aliphatic rings. The van der Waals surface area contributed by atoms with Crippen molar-refractivity contribution in [3.8, 4) is 0 Å². The Kier molecular flexibility index (Phi) is 7.61. The van der Waals surface area contributed by atoms with E-state index in [2.05, 4.69) is 0 Å². The first kappa shape index (κ1) is 23.1. The molecule has 168 valence electrons. The molecule has 31 heavy (non-hydrogen) atoms. The highest BCUT2D eigenvalue weighted by molar-refractivity contribution is 7.21. The highest BCUT2D eigenvalue weighted by Gasteiger charge is 2.31. The zero-order chi connectivity index (χ0) is 22.5. The predicted molar refractivity (Wildman–Crippen MR) is 115 cm³/mol. The van der Waals surface area contributed by atoms with Crippen molar-refractivity contribution in [3.63, 3.8) is 0 Å². The van der Waals surface area contributed by atoms with E-state index in [1.807, 2.05) is 0 Å². The third-order valence-corrected chi connectivity index (χ3v) is 6.54. The van der Waals surface area contributed by atoms with Crippen LogP contribution in [-0.4, -0.2) is 68.0 Å². The number of thiophene rings is 1. The monoisotopic (exact) mass is 450 g/mol. The SMILES string of the molecule is CCOC(=O)C1CCCN(C(=O)CN(C)C(=O)c2sc3cccc(F)c3c2COC)C1. The predicted octanol–water partition coefficient (Wildman–Crippen LogP) is 3.06. The molecule has 1 fully saturated rings. The number of likely N-dealkylation sites (N-methyl/N-ethyl adjacent to an activating group) is 1. The standard InChI is InChI=1S/C22H27FN2O5S/c1-4-30-22(28)14-7-6-10-25(11-14)18(26)12-24(2)21(27)20-15(13-29-3)19-16(23)8-5-9-17(19)31-20/h5,8-9,14H,4,6-7,10-13H2,1-3H3. The van der Waals surface area contributed by atoms with Gasteiger partial charge in [-0.25, -0.2) is 4.39 Å². The van der Waals surface area contributed by atoms with Gasteiger partial charge in [0, 0.05) is 42.9 Å². The van der Waals surface area contributed by atoms with Gasteiger partial charge in [-0.15, -0.1) is 11.3 Å². The molecule has 1 unspecified atom stereocenters. The van der Waals surface area contributed by atoms with Crippen LogP contribution in [0.4, 0.5) is 4.39 Å². The second-order valence-electron chi connectivity index (χ2n) is 7.55. The van der Waals surface area contributed by atoms with Crippen molar-refractivity contribution in [2.24, 2.45) is 5.92 Å². The smallest absolute Gasteiger partial charge is 0.310 e. The molecule has 2 amide bonds. The Bertz CT molecular complexity index is 976. The third kappa shape index (κ3) is 5.04. The van der Waals surface area contributed by atoms with Gasteiger partial charge in [0.25, 0.3) is 5.91 Å². The Morgan fingerprint density at radius 3 is 2.81 bits per heavy atom. The molecule has 0 spiro atoms. The summed E-state index contributed by atoms with van der Waals surface area (Å²) in [6.07, 6.45) is 1.39. The minimum atomic E-state index is -0.406. The molecule has 1 aromatic carbocycles. The number of hydrogen-bond acceptors (Lipinski definition) is 6. The fourth-order valence-corrected chi connectivity index (χ4v) is 5.04. The largest absolute Gasteiger partial charge is 0.466 e. The summed E-state index contributed by atoms with van der Waals surface area (Å²) in [5, 5.41) is 0.380. The van der Waals surface area contributed by atoms with Crippen LogP contribution in [0.2, 0.25) is 0 Å². The van der Waals surface area contributed by atoms with Crippen molar-refractivity contribution in [1.82, 2.24) is 9.80 Å². The van der Waals surface area contributed by atoms with Gasteiger partial charge in [0.1, 0.15) is 5.82 Å². The number of likely N-dealkylation sites (tertiary alicyclic amines) is 1. The van der Waals surface area contributed by atoms with Crippen LogP contribution in [-0.2, 0) is 25.7 Å². The zero-order valence-corrected chi connectivity index (χ0v) is 18.8. The molecule has 1 atom stereocenters. The van der Waals surface area contributed by atoms with Crippen molar-refractivity contribution in [3.05, 3.63) is 34.5 Å². The van der Waals surface area contributed by atoms with Crippen LogP contribution in [0.5, 0.6) is 0 Å². The van der Waals surface area contributed by atoms with Crippen LogP contribution in [0.15, 0.2) is 18.2 Å². The van der Waals surface area contributed by atoms with E-state index in [-0.39, 0.29) is 36.9 Å². The van der Waals surface area contributed by atoms with Crippen molar-refractivity contribution in [2.75, 3.05) is 40.4 Å². The molecule has 0 radical (unpaired) electrons. The maximum atomic E-state index is 14.4. The third-order valence-electron chi connectivity index (χ3n) is 5.36. The molecule has 2 heterocycles. The van der Waals surface area contributed by atoms with Gasteiger partial charge in [-0.3, -0.25) is 14.4 Å². The molecule has 7 nitrogen and oxygen atoms in total. The van der Waals surface area contributed by atoms with Crippen LogP contribution >= 0.6 is 11.3 Å². The average molecular weight is 451 g/mol. The van der Waals surface area contributed by atoms with Crippen LogP contribution in [0.25, 0.3) is 10.1 Å². The highest BCUT2D eigenvalue weighted by atomic mass is 32.1. The molecule has 0 aliphatic carbocycles. The van der Waals surface area contributed by atoms with Gasteiger partial charge in [-0.2, -0.15) is 0 Å². The number of fused-ring (bicyclic) bond motifs is 1. The van der Waals surface area contributed by atoms with Crippen molar-refractivity contribution in [2.45, 2.75) is 26.4 Å². The molecule has 0 N–H and O–H groups in total. The van der Waals surface area contributed by atoms with E-state index in [4.69, 9.17) is 9.47 Å². The van der Waals surface area contributed by atoms with Crippen molar-refractivity contribution >= 4 is 39.2 Å². The summed E-state index contributed by atoms with van der Waals surface area (Å²) in [5.41, 5.74) is 0.491. The maximum absolute atomic E-state index is 14.4. The summed E-state index contributed by atoms with van der Waals surface area (Å²) in [6.45, 7) is 2.86. The molecule has 3 rings (SSSR count). The Morgan fingerprint density at radius 2 is 2.10 bits per heavy atom. The number of piperidine rings is 1. The lowest BCUT2D eigenvalue weighted by Gasteiger charge is -2.32. The molecule has 0 bridgehead atoms. The Morgan fingerprint density at radius 1 is 1.32 bits per heavy atom. The summed E-state index contributed by atoms with van der Waals surface area (Å²) in [5.74, 6) is -1.62. The van der Waals surface area contributed by atoms with Gasteiger partial charge in [0.05, 0.1) is 30.6 Å². The minimum absolute atomic E-state index is 0.0944. The summed E-state index contributed by atoms with van der Waals surface area (Å²) in [6, 6.07) is 4.71. The van der Waals surface area contributed by atoms with Gasteiger partial charge < -0.3 is 19.3 Å². The summed E-state index contributed by atoms with van der Waals surface area (Å²) >= 11 is 1.19. The molecule has 1 aliphatic heterocycles. The first-order valence-electron chi connectivity index (χ1n) is 10.3. The van der Waals surface area contributed by atoms with Crippen molar-refractivity contribution in [1.29, 1.82) is 0 Å². The van der Waals surface area contributed by atoms with Gasteiger partial charge in [-0.1, -0.05) is 6.07 Å². The number of amides is 2. The maximum Gasteiger partial charge on any atom is 0.310 e. The molecular weight excluding hydrogens is 423 g/mol. The Balaban J connectivity index is 1.73. The Hall–Kier alpha value is -2.52. The second-order valence-corrected chi connectivity index (χ2v) is 8.60. The van der Waals surface area contributed by atoms with E-state index in [9.17, 15) is 18.8 Å². The summed E-state index contributed by atoms with van der Waals surface area (Å²) < 4.78 is 25.3. The molecule has 9 heteroatoms. The molecule has 1 saturated heterocycles. The number of methoxy groups -OCH3 is 1. The molecule has 2 aromatic rings. The van der Waals surface area contributed by atoms with E-state index in [0.29, 0.717) is 53.1 Å². The number of rotatable bonds is 7. The number of ether oxygens (including phenoxy) is 2. The number of carbonyl (C=O) groups excluding carboxylic acids is 3. The van der Waals surface area contributed by atoms with Gasteiger partial charge >= 0.3 is 5.97 Å². The minimum Gasteiger partial charge on any atom is -0.466 e. The lowest BCUT2D eigenvalue weighted by molar-refractivity contribution is -0.151. The lowest BCUT2D eigenvalue weighted by atomic mass is 9.98. The molecule has 1 aromatic heterocycles. The number of carbonyl (C=O) groups is 3. The van der Waals surface area contributed by atoms with Crippen molar-refractivity contribution < 1.29 is 28.2 Å². The molecular formula is C22H27FN2O5S. The van der Waals surface area contributed by atoms with Gasteiger partial charge in [0.2, 0.25) is 5.91 Å². The Labute approximate surface area is 184 Å². The zero-order valence-electron chi connectivity index (χ0n) is 18.0. The number of esters is 1. The van der Waals surface area contributed by atoms with E-state index in [1.165, 1.54) is 29.4 Å². The quantitative estimate of drug-likeness (QED) is 0.606. The van der Waals surface area contributed by atoms with E-state index in [1.54, 1.807) is 31.0 Å². The summed E-state index contributed by atoms with van der Waals surface area (Å²) in [4.78, 5) is 41.2. The number of halogens is 1. The average Bonchev–Trinajstić information content (AvgIpc) is 3.13. The second kappa shape index (κ2) is 10.2. The van der Waals surface area contributed by atoms with E-state index >= 15 is 0 Å². The van der Waals surface area contributed by atoms with Gasteiger partial charge in [-0.05, 0) is 31.9 Å². The fraction of sp³-hybridized carbons (Fsp3) is 0.500. The van der Waals surface area contributed by atoms with Crippen LogP contribution in [0.1, 0.15) is 35.0 Å². The molecule has 0 saturated carbocycles. The number of nitrogens with zero attached hydrogens (tertiary/aromatic N) is 2. The van der Waals surface area contributed by atoms with E-state index < -0.39 is 5.82 Å². The van der Waals surface area contributed by atoms with E-state index in [0.717, 1.165) is 0 Å². The van der Waals surface area contributed by atoms with Crippen LogP contribution in [0, 0.1) is 11.7 Å². The van der Waals surface area contributed by atoms with Gasteiger partial charge in [0.15, 0.2) is 0 Å². The normalized spacial score (nSPS) is 16.4. The first-order chi connectivity index (χ1) is 14.9. The number of hydrogen-bond donors (Lipinski definition) is 0. The first-order valence-corrected chi connectivity index (χ1v) is 11.1. The number of benzene rings is 1. The fourth-order valence-electron chi connectivity index (χ4n) is 3.83. The van der Waals surface area contributed by atoms with Crippen LogP contribution in [0.3, 0.4) is 0 Å². The summed E-state index contributed by atoms with van der Waals surface area (Å²) in [7, 11) is 3.03. The van der Waals surface area contributed by atoms with Crippen LogP contribution < -0.4 is 0 Å². The highest BCUT2D eigenvalue weighted by Crippen LogP contribution is 2.34. The lowest BCUT2D eigenvalue weighted by Crippen LogP contribution is -2.47. The topological polar surface area (TPSA) is 76.2 Å².